The molecule has 0 aliphatic rings. The average Bonchev–Trinajstić information content (AvgIpc) is 3.19. The Morgan fingerprint density at radius 1 is 1.16 bits per heavy atom. The highest BCUT2D eigenvalue weighted by Crippen LogP contribution is 2.21. The predicted octanol–water partition coefficient (Wildman–Crippen LogP) is 4.40. The molecule has 0 fully saturated rings. The summed E-state index contributed by atoms with van der Waals surface area (Å²) in [5, 5.41) is 13.9. The van der Waals surface area contributed by atoms with Gasteiger partial charge in [-0.1, -0.05) is 30.3 Å². The zero-order chi connectivity index (χ0) is 17.8. The molecule has 0 aliphatic carbocycles. The van der Waals surface area contributed by atoms with Gasteiger partial charge in [-0.25, -0.2) is 0 Å². The SMILES string of the molecule is Cc1ccccc1Cn1nc(C)c(NC(=S)NCc2cccs2)c1C. The van der Waals surface area contributed by atoms with Crippen molar-refractivity contribution in [1.82, 2.24) is 15.1 Å². The lowest BCUT2D eigenvalue weighted by Crippen LogP contribution is -2.28. The van der Waals surface area contributed by atoms with E-state index in [2.05, 4.69) is 65.3 Å². The summed E-state index contributed by atoms with van der Waals surface area (Å²) < 4.78 is 2.03. The van der Waals surface area contributed by atoms with E-state index in [1.807, 2.05) is 17.7 Å². The van der Waals surface area contributed by atoms with Crippen LogP contribution >= 0.6 is 23.6 Å². The second-order valence-electron chi connectivity index (χ2n) is 6.02. The minimum Gasteiger partial charge on any atom is -0.358 e. The van der Waals surface area contributed by atoms with Crippen molar-refractivity contribution in [2.75, 3.05) is 5.32 Å². The van der Waals surface area contributed by atoms with Crippen LogP contribution in [0.5, 0.6) is 0 Å². The van der Waals surface area contributed by atoms with Crippen LogP contribution < -0.4 is 10.6 Å². The molecule has 0 saturated carbocycles. The highest BCUT2D eigenvalue weighted by Gasteiger charge is 2.13. The van der Waals surface area contributed by atoms with Gasteiger partial charge in [0, 0.05) is 4.88 Å². The molecule has 0 radical (unpaired) electrons. The third kappa shape index (κ3) is 4.27. The topological polar surface area (TPSA) is 41.9 Å². The summed E-state index contributed by atoms with van der Waals surface area (Å²) in [5.74, 6) is 0. The first kappa shape index (κ1) is 17.6. The van der Waals surface area contributed by atoms with Crippen LogP contribution in [0.4, 0.5) is 5.69 Å². The zero-order valence-corrected chi connectivity index (χ0v) is 16.3. The van der Waals surface area contributed by atoms with Gasteiger partial charge < -0.3 is 10.6 Å². The third-order valence-corrected chi connectivity index (χ3v) is 5.33. The van der Waals surface area contributed by atoms with E-state index in [1.54, 1.807) is 11.3 Å². The van der Waals surface area contributed by atoms with Crippen LogP contribution in [0.3, 0.4) is 0 Å². The first-order valence-electron chi connectivity index (χ1n) is 8.20. The van der Waals surface area contributed by atoms with Crippen LogP contribution in [0.15, 0.2) is 41.8 Å². The van der Waals surface area contributed by atoms with Gasteiger partial charge in [0.2, 0.25) is 0 Å². The number of nitrogens with zero attached hydrogens (tertiary/aromatic N) is 2. The van der Waals surface area contributed by atoms with E-state index in [-0.39, 0.29) is 0 Å². The molecule has 4 nitrogen and oxygen atoms in total. The lowest BCUT2D eigenvalue weighted by Gasteiger charge is -2.11. The van der Waals surface area contributed by atoms with Gasteiger partial charge in [-0.05, 0) is 55.6 Å². The van der Waals surface area contributed by atoms with E-state index in [9.17, 15) is 0 Å². The van der Waals surface area contributed by atoms with Gasteiger partial charge in [-0.3, -0.25) is 4.68 Å². The molecule has 0 amide bonds. The molecule has 2 heterocycles. The summed E-state index contributed by atoms with van der Waals surface area (Å²) in [4.78, 5) is 1.26. The molecule has 0 spiro atoms. The van der Waals surface area contributed by atoms with Gasteiger partial charge in [0.05, 0.1) is 30.2 Å². The largest absolute Gasteiger partial charge is 0.358 e. The zero-order valence-electron chi connectivity index (χ0n) is 14.7. The van der Waals surface area contributed by atoms with Gasteiger partial charge in [0.1, 0.15) is 0 Å². The molecule has 25 heavy (non-hydrogen) atoms. The number of aromatic nitrogens is 2. The molecule has 2 N–H and O–H groups in total. The second kappa shape index (κ2) is 7.80. The van der Waals surface area contributed by atoms with Crippen molar-refractivity contribution < 1.29 is 0 Å². The molecule has 1 aromatic carbocycles. The summed E-state index contributed by atoms with van der Waals surface area (Å²) >= 11 is 7.15. The predicted molar refractivity (Wildman–Crippen MR) is 109 cm³/mol. The van der Waals surface area contributed by atoms with E-state index in [0.717, 1.165) is 30.2 Å². The van der Waals surface area contributed by atoms with E-state index >= 15 is 0 Å². The molecular formula is C19H22N4S2. The summed E-state index contributed by atoms with van der Waals surface area (Å²) in [7, 11) is 0. The van der Waals surface area contributed by atoms with Crippen LogP contribution in [0.25, 0.3) is 0 Å². The Kier molecular flexibility index (Phi) is 5.50. The fourth-order valence-electron chi connectivity index (χ4n) is 2.72. The second-order valence-corrected chi connectivity index (χ2v) is 7.46. The molecular weight excluding hydrogens is 348 g/mol. The maximum Gasteiger partial charge on any atom is 0.171 e. The Balaban J connectivity index is 1.69. The fraction of sp³-hybridized carbons (Fsp3) is 0.263. The normalized spacial score (nSPS) is 10.7. The van der Waals surface area contributed by atoms with Crippen molar-refractivity contribution in [3.05, 3.63) is 69.2 Å². The number of aryl methyl sites for hydroxylation is 2. The van der Waals surface area contributed by atoms with E-state index in [4.69, 9.17) is 12.2 Å². The Labute approximate surface area is 157 Å². The van der Waals surface area contributed by atoms with Crippen LogP contribution in [-0.2, 0) is 13.1 Å². The molecule has 6 heteroatoms. The summed E-state index contributed by atoms with van der Waals surface area (Å²) in [6.45, 7) is 7.70. The Morgan fingerprint density at radius 3 is 2.68 bits per heavy atom. The highest BCUT2D eigenvalue weighted by atomic mass is 32.1. The first-order valence-corrected chi connectivity index (χ1v) is 9.49. The lowest BCUT2D eigenvalue weighted by molar-refractivity contribution is 0.657. The van der Waals surface area contributed by atoms with Gasteiger partial charge in [-0.2, -0.15) is 5.10 Å². The molecule has 2 aromatic heterocycles. The number of benzene rings is 1. The van der Waals surface area contributed by atoms with Crippen molar-refractivity contribution in [2.45, 2.75) is 33.9 Å². The Bertz CT molecular complexity index is 866. The molecule has 0 atom stereocenters. The minimum absolute atomic E-state index is 0.620. The summed E-state index contributed by atoms with van der Waals surface area (Å²) in [6.07, 6.45) is 0. The van der Waals surface area contributed by atoms with Crippen molar-refractivity contribution in [2.24, 2.45) is 0 Å². The highest BCUT2D eigenvalue weighted by molar-refractivity contribution is 7.80. The maximum absolute atomic E-state index is 5.43. The number of thiophene rings is 1. The van der Waals surface area contributed by atoms with Gasteiger partial charge in [-0.15, -0.1) is 11.3 Å². The first-order chi connectivity index (χ1) is 12.0. The Hall–Kier alpha value is -2.18. The maximum atomic E-state index is 5.43. The minimum atomic E-state index is 0.620. The number of nitrogens with one attached hydrogen (secondary N) is 2. The monoisotopic (exact) mass is 370 g/mol. The van der Waals surface area contributed by atoms with E-state index in [1.165, 1.54) is 16.0 Å². The standard InChI is InChI=1S/C19H22N4S2/c1-13-7-4-5-8-16(13)12-23-15(3)18(14(2)22-23)21-19(24)20-11-17-9-6-10-25-17/h4-10H,11-12H2,1-3H3,(H2,20,21,24). The van der Waals surface area contributed by atoms with Gasteiger partial charge in [0.15, 0.2) is 5.11 Å². The van der Waals surface area contributed by atoms with Crippen LogP contribution in [0.2, 0.25) is 0 Å². The third-order valence-electron chi connectivity index (χ3n) is 4.20. The lowest BCUT2D eigenvalue weighted by atomic mass is 10.1. The quantitative estimate of drug-likeness (QED) is 0.653. The van der Waals surface area contributed by atoms with Crippen molar-refractivity contribution >= 4 is 34.4 Å². The van der Waals surface area contributed by atoms with Crippen molar-refractivity contribution in [3.8, 4) is 0 Å². The molecule has 0 bridgehead atoms. The number of rotatable bonds is 5. The molecule has 3 rings (SSSR count). The molecule has 0 aliphatic heterocycles. The fourth-order valence-corrected chi connectivity index (χ4v) is 3.54. The van der Waals surface area contributed by atoms with Crippen molar-refractivity contribution in [1.29, 1.82) is 0 Å². The Morgan fingerprint density at radius 2 is 1.96 bits per heavy atom. The summed E-state index contributed by atoms with van der Waals surface area (Å²) in [5.41, 5.74) is 5.57. The van der Waals surface area contributed by atoms with E-state index < -0.39 is 0 Å². The molecule has 130 valence electrons. The number of hydrogen-bond donors (Lipinski definition) is 2. The van der Waals surface area contributed by atoms with Crippen LogP contribution in [0, 0.1) is 20.8 Å². The number of thiocarbonyl (C=S) groups is 1. The summed E-state index contributed by atoms with van der Waals surface area (Å²) in [6, 6.07) is 12.5. The van der Waals surface area contributed by atoms with Gasteiger partial charge in [0.25, 0.3) is 0 Å². The number of anilines is 1. The molecule has 0 saturated heterocycles. The average molecular weight is 371 g/mol. The van der Waals surface area contributed by atoms with Crippen LogP contribution in [0.1, 0.15) is 27.4 Å². The molecule has 3 aromatic rings. The molecule has 0 unspecified atom stereocenters. The number of hydrogen-bond acceptors (Lipinski definition) is 3. The van der Waals surface area contributed by atoms with E-state index in [0.29, 0.717) is 5.11 Å². The smallest absolute Gasteiger partial charge is 0.171 e. The van der Waals surface area contributed by atoms with Crippen LogP contribution in [-0.4, -0.2) is 14.9 Å². The van der Waals surface area contributed by atoms with Gasteiger partial charge >= 0.3 is 0 Å². The van der Waals surface area contributed by atoms with Crippen molar-refractivity contribution in [3.63, 3.8) is 0 Å².